The van der Waals surface area contributed by atoms with Gasteiger partial charge in [-0.1, -0.05) is 6.92 Å². The summed E-state index contributed by atoms with van der Waals surface area (Å²) in [5.41, 5.74) is 1.64. The van der Waals surface area contributed by atoms with Gasteiger partial charge in [0.2, 0.25) is 0 Å². The van der Waals surface area contributed by atoms with Crippen molar-refractivity contribution >= 4 is 17.3 Å². The van der Waals surface area contributed by atoms with Crippen LogP contribution in [0.3, 0.4) is 0 Å². The fourth-order valence-electron chi connectivity index (χ4n) is 0.751. The lowest BCUT2D eigenvalue weighted by Crippen LogP contribution is -1.96. The van der Waals surface area contributed by atoms with Crippen molar-refractivity contribution in [3.8, 4) is 0 Å². The lowest BCUT2D eigenvalue weighted by molar-refractivity contribution is 0.0988. The van der Waals surface area contributed by atoms with E-state index in [1.165, 1.54) is 11.5 Å². The van der Waals surface area contributed by atoms with Gasteiger partial charge in [0.1, 0.15) is 0 Å². The van der Waals surface area contributed by atoms with Crippen LogP contribution in [0, 0.1) is 6.92 Å². The molecule has 0 saturated carbocycles. The van der Waals surface area contributed by atoms with Crippen molar-refractivity contribution in [1.82, 2.24) is 4.37 Å². The third kappa shape index (κ3) is 1.24. The fraction of sp³-hybridized carbons (Fsp3) is 0.429. The number of aryl methyl sites for hydroxylation is 1. The van der Waals surface area contributed by atoms with Crippen LogP contribution in [0.2, 0.25) is 0 Å². The Balaban J connectivity index is 2.93. The molecule has 0 aliphatic carbocycles. The molecule has 0 atom stereocenters. The summed E-state index contributed by atoms with van der Waals surface area (Å²) in [6.45, 7) is 3.72. The molecule has 3 heteroatoms. The van der Waals surface area contributed by atoms with E-state index in [-0.39, 0.29) is 5.78 Å². The first-order valence-corrected chi connectivity index (χ1v) is 4.03. The molecule has 0 aromatic carbocycles. The Bertz CT molecular complexity index is 242. The monoisotopic (exact) mass is 155 g/mol. The average molecular weight is 155 g/mol. The SMILES string of the molecule is CCC(=O)c1csnc1C. The van der Waals surface area contributed by atoms with Crippen LogP contribution in [0.1, 0.15) is 29.4 Å². The van der Waals surface area contributed by atoms with Crippen LogP contribution in [-0.4, -0.2) is 10.2 Å². The van der Waals surface area contributed by atoms with Gasteiger partial charge < -0.3 is 0 Å². The molecular formula is C7H9NOS. The number of ketones is 1. The molecule has 10 heavy (non-hydrogen) atoms. The summed E-state index contributed by atoms with van der Waals surface area (Å²) in [5.74, 6) is 0.186. The first kappa shape index (κ1) is 7.41. The van der Waals surface area contributed by atoms with Crippen molar-refractivity contribution in [1.29, 1.82) is 0 Å². The molecule has 0 bridgehead atoms. The van der Waals surface area contributed by atoms with E-state index in [9.17, 15) is 4.79 Å². The van der Waals surface area contributed by atoms with Crippen molar-refractivity contribution in [3.05, 3.63) is 16.6 Å². The molecule has 2 nitrogen and oxygen atoms in total. The Kier molecular flexibility index (Phi) is 2.17. The summed E-state index contributed by atoms with van der Waals surface area (Å²) < 4.78 is 4.01. The molecule has 1 heterocycles. The molecule has 54 valence electrons. The Labute approximate surface area is 64.1 Å². The van der Waals surface area contributed by atoms with Crippen LogP contribution in [-0.2, 0) is 0 Å². The summed E-state index contributed by atoms with van der Waals surface area (Å²) in [6.07, 6.45) is 0.569. The Morgan fingerprint density at radius 2 is 2.50 bits per heavy atom. The van der Waals surface area contributed by atoms with Gasteiger partial charge in [-0.25, -0.2) is 0 Å². The van der Waals surface area contributed by atoms with Gasteiger partial charge in [-0.05, 0) is 18.5 Å². The van der Waals surface area contributed by atoms with Gasteiger partial charge >= 0.3 is 0 Å². The van der Waals surface area contributed by atoms with E-state index < -0.39 is 0 Å². The van der Waals surface area contributed by atoms with Crippen LogP contribution in [0.4, 0.5) is 0 Å². The largest absolute Gasteiger partial charge is 0.294 e. The molecule has 0 spiro atoms. The Morgan fingerprint density at radius 1 is 1.80 bits per heavy atom. The molecule has 0 radical (unpaired) electrons. The molecular weight excluding hydrogens is 146 g/mol. The highest BCUT2D eigenvalue weighted by Gasteiger charge is 2.07. The average Bonchev–Trinajstić information content (AvgIpc) is 2.34. The number of rotatable bonds is 2. The molecule has 0 aliphatic rings. The number of aromatic nitrogens is 1. The first-order chi connectivity index (χ1) is 4.75. The molecule has 0 unspecified atom stereocenters. The predicted molar refractivity (Wildman–Crippen MR) is 41.5 cm³/mol. The Hall–Kier alpha value is -0.700. The second-order valence-corrected chi connectivity index (χ2v) is 2.72. The minimum Gasteiger partial charge on any atom is -0.294 e. The third-order valence-electron chi connectivity index (χ3n) is 1.37. The summed E-state index contributed by atoms with van der Waals surface area (Å²) in [6, 6.07) is 0. The van der Waals surface area contributed by atoms with Crippen LogP contribution < -0.4 is 0 Å². The van der Waals surface area contributed by atoms with E-state index in [4.69, 9.17) is 0 Å². The van der Waals surface area contributed by atoms with E-state index in [2.05, 4.69) is 4.37 Å². The van der Waals surface area contributed by atoms with E-state index in [0.717, 1.165) is 11.3 Å². The van der Waals surface area contributed by atoms with E-state index in [1.54, 1.807) is 5.38 Å². The second kappa shape index (κ2) is 2.92. The zero-order valence-corrected chi connectivity index (χ0v) is 6.86. The van der Waals surface area contributed by atoms with Gasteiger partial charge in [-0.2, -0.15) is 4.37 Å². The standard InChI is InChI=1S/C7H9NOS/c1-3-7(9)6-4-10-8-5(6)2/h4H,3H2,1-2H3. The highest BCUT2D eigenvalue weighted by atomic mass is 32.1. The lowest BCUT2D eigenvalue weighted by Gasteiger charge is -1.90. The quantitative estimate of drug-likeness (QED) is 0.612. The van der Waals surface area contributed by atoms with E-state index in [0.29, 0.717) is 6.42 Å². The minimum absolute atomic E-state index is 0.186. The van der Waals surface area contributed by atoms with Crippen molar-refractivity contribution in [2.24, 2.45) is 0 Å². The first-order valence-electron chi connectivity index (χ1n) is 3.20. The molecule has 1 rings (SSSR count). The maximum Gasteiger partial charge on any atom is 0.165 e. The van der Waals surface area contributed by atoms with Crippen LogP contribution in [0.25, 0.3) is 0 Å². The maximum absolute atomic E-state index is 11.1. The fourth-order valence-corrected chi connectivity index (χ4v) is 1.47. The molecule has 1 aromatic heterocycles. The zero-order valence-electron chi connectivity index (χ0n) is 6.05. The van der Waals surface area contributed by atoms with Crippen LogP contribution >= 0.6 is 11.5 Å². The van der Waals surface area contributed by atoms with Crippen molar-refractivity contribution in [3.63, 3.8) is 0 Å². The smallest absolute Gasteiger partial charge is 0.165 e. The topological polar surface area (TPSA) is 30.0 Å². The summed E-state index contributed by atoms with van der Waals surface area (Å²) >= 11 is 1.34. The number of hydrogen-bond acceptors (Lipinski definition) is 3. The third-order valence-corrected chi connectivity index (χ3v) is 2.09. The van der Waals surface area contributed by atoms with Crippen molar-refractivity contribution in [2.75, 3.05) is 0 Å². The normalized spacial score (nSPS) is 9.80. The number of nitrogens with zero attached hydrogens (tertiary/aromatic N) is 1. The van der Waals surface area contributed by atoms with E-state index >= 15 is 0 Å². The summed E-state index contributed by atoms with van der Waals surface area (Å²) in [4.78, 5) is 11.1. The molecule has 1 aromatic rings. The van der Waals surface area contributed by atoms with Gasteiger partial charge in [0, 0.05) is 11.8 Å². The lowest BCUT2D eigenvalue weighted by atomic mass is 10.1. The molecule has 0 aliphatic heterocycles. The number of carbonyl (C=O) groups is 1. The van der Waals surface area contributed by atoms with Crippen LogP contribution in [0.15, 0.2) is 5.38 Å². The van der Waals surface area contributed by atoms with Gasteiger partial charge in [-0.3, -0.25) is 4.79 Å². The van der Waals surface area contributed by atoms with Crippen molar-refractivity contribution in [2.45, 2.75) is 20.3 Å². The highest BCUT2D eigenvalue weighted by molar-refractivity contribution is 7.03. The summed E-state index contributed by atoms with van der Waals surface area (Å²) in [5, 5.41) is 1.81. The Morgan fingerprint density at radius 3 is 2.90 bits per heavy atom. The van der Waals surface area contributed by atoms with Gasteiger partial charge in [0.05, 0.1) is 11.3 Å². The molecule has 0 N–H and O–H groups in total. The highest BCUT2D eigenvalue weighted by Crippen LogP contribution is 2.10. The van der Waals surface area contributed by atoms with Crippen molar-refractivity contribution < 1.29 is 4.79 Å². The number of carbonyl (C=O) groups excluding carboxylic acids is 1. The van der Waals surface area contributed by atoms with Gasteiger partial charge in [0.15, 0.2) is 5.78 Å². The molecule has 0 saturated heterocycles. The second-order valence-electron chi connectivity index (χ2n) is 2.09. The number of Topliss-reactive ketones (excluding diaryl/α,β-unsaturated/α-hetero) is 1. The predicted octanol–water partition coefficient (Wildman–Crippen LogP) is 2.04. The van der Waals surface area contributed by atoms with Gasteiger partial charge in [0.25, 0.3) is 0 Å². The zero-order chi connectivity index (χ0) is 7.56. The molecule has 0 amide bonds. The minimum atomic E-state index is 0.186. The number of hydrogen-bond donors (Lipinski definition) is 0. The molecule has 0 fully saturated rings. The summed E-state index contributed by atoms with van der Waals surface area (Å²) in [7, 11) is 0. The van der Waals surface area contributed by atoms with Crippen LogP contribution in [0.5, 0.6) is 0 Å². The van der Waals surface area contributed by atoms with E-state index in [1.807, 2.05) is 13.8 Å². The van der Waals surface area contributed by atoms with Gasteiger partial charge in [-0.15, -0.1) is 0 Å². The maximum atomic E-state index is 11.1.